The van der Waals surface area contributed by atoms with Gasteiger partial charge in [-0.1, -0.05) is 11.6 Å². The molecule has 2 heterocycles. The van der Waals surface area contributed by atoms with Crippen LogP contribution >= 0.6 is 27.5 Å². The Labute approximate surface area is 161 Å². The van der Waals surface area contributed by atoms with Gasteiger partial charge in [0.25, 0.3) is 0 Å². The first kappa shape index (κ1) is 20.8. The largest absolute Gasteiger partial charge is 0.436 e. The molecule has 0 aliphatic rings. The van der Waals surface area contributed by atoms with Gasteiger partial charge in [-0.05, 0) is 43.1 Å². The molecule has 0 aliphatic heterocycles. The van der Waals surface area contributed by atoms with Crippen LogP contribution < -0.4 is 5.32 Å². The van der Waals surface area contributed by atoms with Crippen LogP contribution in [0.1, 0.15) is 29.2 Å². The number of carbonyl (C=O) groups is 1. The maximum atomic E-state index is 12.8. The molecule has 1 amide bonds. The second-order valence-electron chi connectivity index (χ2n) is 5.81. The Kier molecular flexibility index (Phi) is 6.38. The van der Waals surface area contributed by atoms with Crippen LogP contribution in [-0.4, -0.2) is 32.0 Å². The fourth-order valence-corrected chi connectivity index (χ4v) is 2.93. The van der Waals surface area contributed by atoms with Gasteiger partial charge in [-0.15, -0.1) is 0 Å². The number of halogens is 5. The lowest BCUT2D eigenvalue weighted by atomic mass is 10.3. The number of alkyl halides is 3. The molecular formula is C15H18BrClF3N5O. The summed E-state index contributed by atoms with van der Waals surface area (Å²) in [5, 5.41) is 9.94. The quantitative estimate of drug-likeness (QED) is 0.675. The number of nitrogens with zero attached hydrogens (tertiary/aromatic N) is 4. The highest BCUT2D eigenvalue weighted by atomic mass is 79.9. The van der Waals surface area contributed by atoms with Crippen molar-refractivity contribution in [2.24, 2.45) is 0 Å². The Bertz CT molecular complexity index is 815. The SMILES string of the molecule is Cc1nn(CCCNC(=O)Cn2nc(C(F)(F)F)c(Cl)c2C)c(C)c1Br. The van der Waals surface area contributed by atoms with Crippen LogP contribution in [0.15, 0.2) is 4.47 Å². The van der Waals surface area contributed by atoms with Crippen molar-refractivity contribution < 1.29 is 18.0 Å². The van der Waals surface area contributed by atoms with Crippen LogP contribution in [0.5, 0.6) is 0 Å². The Morgan fingerprint density at radius 2 is 1.85 bits per heavy atom. The second kappa shape index (κ2) is 7.99. The summed E-state index contributed by atoms with van der Waals surface area (Å²) in [4.78, 5) is 11.9. The predicted octanol–water partition coefficient (Wildman–Crippen LogP) is 3.65. The van der Waals surface area contributed by atoms with E-state index in [1.165, 1.54) is 6.92 Å². The molecule has 1 N–H and O–H groups in total. The fourth-order valence-electron chi connectivity index (χ4n) is 2.40. The van der Waals surface area contributed by atoms with E-state index in [2.05, 4.69) is 31.4 Å². The van der Waals surface area contributed by atoms with Gasteiger partial charge in [-0.3, -0.25) is 14.2 Å². The zero-order valence-corrected chi connectivity index (χ0v) is 16.8. The second-order valence-corrected chi connectivity index (χ2v) is 6.99. The molecule has 2 aromatic rings. The molecule has 6 nitrogen and oxygen atoms in total. The molecule has 0 saturated carbocycles. The van der Waals surface area contributed by atoms with Crippen molar-refractivity contribution in [1.29, 1.82) is 0 Å². The Hall–Kier alpha value is -1.55. The lowest BCUT2D eigenvalue weighted by Crippen LogP contribution is -2.30. The summed E-state index contributed by atoms with van der Waals surface area (Å²) in [6, 6.07) is 0. The number of amides is 1. The molecule has 11 heteroatoms. The number of carbonyl (C=O) groups excluding carboxylic acids is 1. The van der Waals surface area contributed by atoms with E-state index < -0.39 is 22.8 Å². The van der Waals surface area contributed by atoms with E-state index in [0.29, 0.717) is 19.5 Å². The highest BCUT2D eigenvalue weighted by Gasteiger charge is 2.38. The van der Waals surface area contributed by atoms with Gasteiger partial charge in [0.05, 0.1) is 20.9 Å². The van der Waals surface area contributed by atoms with E-state index in [4.69, 9.17) is 11.6 Å². The van der Waals surface area contributed by atoms with Crippen LogP contribution in [0.2, 0.25) is 5.02 Å². The molecule has 2 rings (SSSR count). The van der Waals surface area contributed by atoms with Gasteiger partial charge >= 0.3 is 6.18 Å². The topological polar surface area (TPSA) is 64.7 Å². The minimum atomic E-state index is -4.66. The molecule has 0 fully saturated rings. The van der Waals surface area contributed by atoms with Crippen molar-refractivity contribution in [3.63, 3.8) is 0 Å². The Balaban J connectivity index is 1.87. The highest BCUT2D eigenvalue weighted by Crippen LogP contribution is 2.35. The monoisotopic (exact) mass is 455 g/mol. The van der Waals surface area contributed by atoms with Crippen LogP contribution in [0.4, 0.5) is 13.2 Å². The van der Waals surface area contributed by atoms with Gasteiger partial charge in [0.15, 0.2) is 5.69 Å². The summed E-state index contributed by atoms with van der Waals surface area (Å²) in [6.07, 6.45) is -4.02. The van der Waals surface area contributed by atoms with Gasteiger partial charge in [-0.25, -0.2) is 0 Å². The first-order valence-corrected chi connectivity index (χ1v) is 8.95. The maximum absolute atomic E-state index is 12.8. The normalized spacial score (nSPS) is 11.8. The number of rotatable bonds is 6. The van der Waals surface area contributed by atoms with Gasteiger partial charge < -0.3 is 5.32 Å². The van der Waals surface area contributed by atoms with Gasteiger partial charge in [0.1, 0.15) is 6.54 Å². The Morgan fingerprint density at radius 1 is 1.19 bits per heavy atom. The van der Waals surface area contributed by atoms with Crippen LogP contribution in [-0.2, 0) is 24.1 Å². The molecular weight excluding hydrogens is 439 g/mol. The fraction of sp³-hybridized carbons (Fsp3) is 0.533. The lowest BCUT2D eigenvalue weighted by molar-refractivity contribution is -0.141. The van der Waals surface area contributed by atoms with Crippen molar-refractivity contribution in [2.45, 2.75) is 46.5 Å². The Morgan fingerprint density at radius 3 is 2.35 bits per heavy atom. The van der Waals surface area contributed by atoms with Gasteiger partial charge in [-0.2, -0.15) is 23.4 Å². The molecule has 0 atom stereocenters. The van der Waals surface area contributed by atoms with Gasteiger partial charge in [0, 0.05) is 18.8 Å². The van der Waals surface area contributed by atoms with Crippen LogP contribution in [0.25, 0.3) is 0 Å². The highest BCUT2D eigenvalue weighted by molar-refractivity contribution is 9.10. The van der Waals surface area contributed by atoms with E-state index in [9.17, 15) is 18.0 Å². The maximum Gasteiger partial charge on any atom is 0.436 e. The van der Waals surface area contributed by atoms with Crippen molar-refractivity contribution in [3.8, 4) is 0 Å². The molecule has 0 aromatic carbocycles. The molecule has 2 aromatic heterocycles. The van der Waals surface area contributed by atoms with Crippen molar-refractivity contribution in [2.75, 3.05) is 6.54 Å². The molecule has 26 heavy (non-hydrogen) atoms. The molecule has 0 unspecified atom stereocenters. The van der Waals surface area contributed by atoms with Gasteiger partial charge in [0.2, 0.25) is 5.91 Å². The number of hydrogen-bond donors (Lipinski definition) is 1. The molecule has 0 radical (unpaired) electrons. The average molecular weight is 457 g/mol. The molecule has 0 aliphatic carbocycles. The average Bonchev–Trinajstić information content (AvgIpc) is 2.96. The number of nitrogens with one attached hydrogen (secondary N) is 1. The zero-order chi connectivity index (χ0) is 19.6. The van der Waals surface area contributed by atoms with E-state index in [1.807, 2.05) is 18.5 Å². The standard InChI is InChI=1S/C15H18BrClF3N5O/c1-8-12(16)9(2)24(22-8)6-4-5-21-11(26)7-25-10(3)13(17)14(23-25)15(18,19)20/h4-7H2,1-3H3,(H,21,26). The third kappa shape index (κ3) is 4.59. The molecule has 144 valence electrons. The van der Waals surface area contributed by atoms with Crippen LogP contribution in [0.3, 0.4) is 0 Å². The van der Waals surface area contributed by atoms with Crippen molar-refractivity contribution >= 4 is 33.4 Å². The first-order chi connectivity index (χ1) is 12.0. The summed E-state index contributed by atoms with van der Waals surface area (Å²) >= 11 is 9.10. The van der Waals surface area contributed by atoms with Crippen molar-refractivity contribution in [1.82, 2.24) is 24.9 Å². The summed E-state index contributed by atoms with van der Waals surface area (Å²) in [6.45, 7) is 5.87. The van der Waals surface area contributed by atoms with E-state index in [-0.39, 0.29) is 12.2 Å². The smallest absolute Gasteiger partial charge is 0.354 e. The third-order valence-corrected chi connectivity index (χ3v) is 5.46. The number of hydrogen-bond acceptors (Lipinski definition) is 3. The summed E-state index contributed by atoms with van der Waals surface area (Å²) < 4.78 is 42.1. The first-order valence-electron chi connectivity index (χ1n) is 7.78. The summed E-state index contributed by atoms with van der Waals surface area (Å²) in [5.74, 6) is -0.435. The molecule has 0 saturated heterocycles. The molecule has 0 bridgehead atoms. The van der Waals surface area contributed by atoms with E-state index >= 15 is 0 Å². The third-order valence-electron chi connectivity index (χ3n) is 3.86. The molecule has 0 spiro atoms. The number of aryl methyl sites for hydroxylation is 2. The lowest BCUT2D eigenvalue weighted by Gasteiger charge is -2.08. The summed E-state index contributed by atoms with van der Waals surface area (Å²) in [5.41, 5.74) is 0.801. The zero-order valence-electron chi connectivity index (χ0n) is 14.4. The van der Waals surface area contributed by atoms with E-state index in [1.54, 1.807) is 0 Å². The van der Waals surface area contributed by atoms with Crippen molar-refractivity contribution in [3.05, 3.63) is 32.3 Å². The minimum absolute atomic E-state index is 0.0987. The van der Waals surface area contributed by atoms with Crippen LogP contribution in [0, 0.1) is 20.8 Å². The number of aromatic nitrogens is 4. The summed E-state index contributed by atoms with van der Waals surface area (Å²) in [7, 11) is 0. The minimum Gasteiger partial charge on any atom is -0.354 e. The predicted molar refractivity (Wildman–Crippen MR) is 94.0 cm³/mol. The van der Waals surface area contributed by atoms with E-state index in [0.717, 1.165) is 20.5 Å².